The van der Waals surface area contributed by atoms with E-state index in [2.05, 4.69) is 20.6 Å². The molecule has 22 heavy (non-hydrogen) atoms. The van der Waals surface area contributed by atoms with Crippen LogP contribution in [0.15, 0.2) is 22.8 Å². The van der Waals surface area contributed by atoms with Crippen LogP contribution in [0.25, 0.3) is 0 Å². The Balaban J connectivity index is 1.64. The Bertz CT molecular complexity index is 687. The molecule has 8 nitrogen and oxygen atoms in total. The summed E-state index contributed by atoms with van der Waals surface area (Å²) in [5, 5.41) is 24.4. The van der Waals surface area contributed by atoms with Crippen molar-refractivity contribution < 1.29 is 14.3 Å². The molecule has 2 N–H and O–H groups in total. The number of hydrogen-bond donors (Lipinski definition) is 2. The standard InChI is InChI=1S/C13H15N5O3S/c1-13(2)9(10-14-16-17-15-10)18-11(20)7(12(18)22-13)8(19)6-4-3-5-21-6/h3-5,7-9,12,19H,1-2H3,(H,14,15,16,17). The number of amides is 1. The maximum Gasteiger partial charge on any atom is 0.233 e. The summed E-state index contributed by atoms with van der Waals surface area (Å²) in [6.45, 7) is 4.08. The van der Waals surface area contributed by atoms with Crippen LogP contribution in [0, 0.1) is 5.92 Å². The van der Waals surface area contributed by atoms with Gasteiger partial charge in [0, 0.05) is 4.75 Å². The van der Waals surface area contributed by atoms with Crippen molar-refractivity contribution in [3.05, 3.63) is 30.0 Å². The molecule has 2 saturated heterocycles. The molecule has 4 rings (SSSR count). The molecular weight excluding hydrogens is 306 g/mol. The third kappa shape index (κ3) is 1.75. The number of carbonyl (C=O) groups excluding carboxylic acids is 1. The highest BCUT2D eigenvalue weighted by Gasteiger charge is 2.64. The molecule has 0 aliphatic carbocycles. The first-order chi connectivity index (χ1) is 10.5. The number of H-pyrrole nitrogens is 1. The number of carbonyl (C=O) groups is 1. The Kier molecular flexibility index (Phi) is 2.85. The Morgan fingerprint density at radius 2 is 2.36 bits per heavy atom. The van der Waals surface area contributed by atoms with E-state index in [0.717, 1.165) is 0 Å². The van der Waals surface area contributed by atoms with Gasteiger partial charge in [0.1, 0.15) is 23.8 Å². The average molecular weight is 321 g/mol. The zero-order valence-electron chi connectivity index (χ0n) is 12.0. The first-order valence-corrected chi connectivity index (χ1v) is 7.83. The van der Waals surface area contributed by atoms with Gasteiger partial charge in [0.25, 0.3) is 0 Å². The zero-order chi connectivity index (χ0) is 15.5. The lowest BCUT2D eigenvalue weighted by Gasteiger charge is -2.45. The van der Waals surface area contributed by atoms with Gasteiger partial charge in [-0.1, -0.05) is 5.21 Å². The number of fused-ring (bicyclic) bond motifs is 1. The van der Waals surface area contributed by atoms with E-state index in [1.165, 1.54) is 6.26 Å². The van der Waals surface area contributed by atoms with Crippen LogP contribution in [-0.2, 0) is 4.79 Å². The van der Waals surface area contributed by atoms with E-state index < -0.39 is 12.0 Å². The number of β-lactam (4-membered cyclic amide) rings is 1. The van der Waals surface area contributed by atoms with E-state index >= 15 is 0 Å². The lowest BCUT2D eigenvalue weighted by Crippen LogP contribution is -2.59. The Labute approximate surface area is 130 Å². The van der Waals surface area contributed by atoms with Crippen molar-refractivity contribution in [2.45, 2.75) is 36.1 Å². The van der Waals surface area contributed by atoms with E-state index in [0.29, 0.717) is 11.6 Å². The second-order valence-electron chi connectivity index (χ2n) is 6.02. The van der Waals surface area contributed by atoms with Crippen LogP contribution in [0.5, 0.6) is 0 Å². The second-order valence-corrected chi connectivity index (χ2v) is 7.79. The molecule has 1 amide bonds. The van der Waals surface area contributed by atoms with Crippen molar-refractivity contribution in [1.82, 2.24) is 25.5 Å². The number of rotatable bonds is 3. The third-order valence-electron chi connectivity index (χ3n) is 4.26. The van der Waals surface area contributed by atoms with Gasteiger partial charge in [0.05, 0.1) is 11.6 Å². The first kappa shape index (κ1) is 13.8. The van der Waals surface area contributed by atoms with Crippen LogP contribution in [-0.4, -0.2) is 46.7 Å². The molecule has 116 valence electrons. The average Bonchev–Trinajstić information content (AvgIpc) is 3.17. The van der Waals surface area contributed by atoms with E-state index in [-0.39, 0.29) is 22.1 Å². The predicted molar refractivity (Wildman–Crippen MR) is 76.4 cm³/mol. The highest BCUT2D eigenvalue weighted by Crippen LogP contribution is 2.60. The minimum Gasteiger partial charge on any atom is -0.467 e. The molecule has 2 aliphatic heterocycles. The van der Waals surface area contributed by atoms with Gasteiger partial charge in [-0.15, -0.1) is 22.0 Å². The SMILES string of the molecule is CC1(C)SC2C(C(O)c3ccco3)C(=O)N2C1c1nn[nH]n1. The molecule has 2 fully saturated rings. The maximum atomic E-state index is 12.6. The minimum atomic E-state index is -0.934. The molecular formula is C13H15N5O3S. The summed E-state index contributed by atoms with van der Waals surface area (Å²) in [5.74, 6) is 0.299. The second kappa shape index (κ2) is 4.56. The molecule has 0 saturated carbocycles. The van der Waals surface area contributed by atoms with Crippen molar-refractivity contribution in [1.29, 1.82) is 0 Å². The predicted octanol–water partition coefficient (Wildman–Crippen LogP) is 0.877. The van der Waals surface area contributed by atoms with Crippen molar-refractivity contribution in [2.75, 3.05) is 0 Å². The summed E-state index contributed by atoms with van der Waals surface area (Å²) >= 11 is 1.64. The van der Waals surface area contributed by atoms with Crippen molar-refractivity contribution >= 4 is 17.7 Å². The molecule has 2 aromatic heterocycles. The number of furan rings is 1. The highest BCUT2D eigenvalue weighted by atomic mass is 32.2. The molecule has 0 spiro atoms. The van der Waals surface area contributed by atoms with Crippen LogP contribution >= 0.6 is 11.8 Å². The Morgan fingerprint density at radius 1 is 1.55 bits per heavy atom. The molecule has 0 aromatic carbocycles. The fourth-order valence-corrected chi connectivity index (χ4v) is 4.99. The number of hydrogen-bond acceptors (Lipinski definition) is 7. The first-order valence-electron chi connectivity index (χ1n) is 6.95. The van der Waals surface area contributed by atoms with E-state index in [1.54, 1.807) is 28.8 Å². The molecule has 2 aromatic rings. The van der Waals surface area contributed by atoms with Gasteiger partial charge in [0.15, 0.2) is 5.82 Å². The van der Waals surface area contributed by atoms with Gasteiger partial charge in [0.2, 0.25) is 5.91 Å². The van der Waals surface area contributed by atoms with E-state index in [1.807, 2.05) is 13.8 Å². The fourth-order valence-electron chi connectivity index (χ4n) is 3.27. The number of aromatic nitrogens is 4. The normalized spacial score (nSPS) is 31.0. The lowest BCUT2D eigenvalue weighted by atomic mass is 9.87. The van der Waals surface area contributed by atoms with Crippen molar-refractivity contribution in [2.24, 2.45) is 5.92 Å². The molecule has 4 unspecified atom stereocenters. The number of nitrogens with one attached hydrogen (secondary N) is 1. The van der Waals surface area contributed by atoms with Crippen LogP contribution in [0.4, 0.5) is 0 Å². The largest absolute Gasteiger partial charge is 0.467 e. The van der Waals surface area contributed by atoms with Gasteiger partial charge >= 0.3 is 0 Å². The van der Waals surface area contributed by atoms with Crippen molar-refractivity contribution in [3.63, 3.8) is 0 Å². The van der Waals surface area contributed by atoms with Gasteiger partial charge in [-0.05, 0) is 26.0 Å². The molecule has 9 heteroatoms. The molecule has 4 heterocycles. The summed E-state index contributed by atoms with van der Waals surface area (Å²) < 4.78 is 4.97. The summed E-state index contributed by atoms with van der Waals surface area (Å²) in [5.41, 5.74) is 0. The maximum absolute atomic E-state index is 12.6. The Hall–Kier alpha value is -1.87. The van der Waals surface area contributed by atoms with Gasteiger partial charge in [-0.3, -0.25) is 4.79 Å². The quantitative estimate of drug-likeness (QED) is 0.808. The van der Waals surface area contributed by atoms with E-state index in [9.17, 15) is 9.90 Å². The lowest BCUT2D eigenvalue weighted by molar-refractivity contribution is -0.162. The smallest absolute Gasteiger partial charge is 0.233 e. The van der Waals surface area contributed by atoms with Gasteiger partial charge < -0.3 is 14.4 Å². The number of aliphatic hydroxyl groups excluding tert-OH is 1. The number of nitrogens with zero attached hydrogens (tertiary/aromatic N) is 4. The molecule has 4 atom stereocenters. The van der Waals surface area contributed by atoms with Crippen LogP contribution in [0.2, 0.25) is 0 Å². The summed E-state index contributed by atoms with van der Waals surface area (Å²) in [7, 11) is 0. The molecule has 0 radical (unpaired) electrons. The van der Waals surface area contributed by atoms with Gasteiger partial charge in [-0.2, -0.15) is 5.21 Å². The topological polar surface area (TPSA) is 108 Å². The number of aliphatic hydroxyl groups is 1. The van der Waals surface area contributed by atoms with E-state index in [4.69, 9.17) is 4.42 Å². The van der Waals surface area contributed by atoms with Crippen LogP contribution < -0.4 is 0 Å². The Morgan fingerprint density at radius 3 is 3.00 bits per heavy atom. The summed E-state index contributed by atoms with van der Waals surface area (Å²) in [4.78, 5) is 14.3. The number of tetrazole rings is 1. The monoisotopic (exact) mass is 321 g/mol. The summed E-state index contributed by atoms with van der Waals surface area (Å²) in [6, 6.07) is 3.13. The minimum absolute atomic E-state index is 0.109. The fraction of sp³-hybridized carbons (Fsp3) is 0.538. The summed E-state index contributed by atoms with van der Waals surface area (Å²) in [6.07, 6.45) is 0.559. The molecule has 2 aliphatic rings. The highest BCUT2D eigenvalue weighted by molar-refractivity contribution is 8.01. The van der Waals surface area contributed by atoms with Crippen molar-refractivity contribution in [3.8, 4) is 0 Å². The zero-order valence-corrected chi connectivity index (χ0v) is 12.8. The number of thioether (sulfide) groups is 1. The van der Waals surface area contributed by atoms with Crippen LogP contribution in [0.1, 0.15) is 37.6 Å². The van der Waals surface area contributed by atoms with Crippen LogP contribution in [0.3, 0.4) is 0 Å². The number of aromatic amines is 1. The molecule has 0 bridgehead atoms. The third-order valence-corrected chi connectivity index (χ3v) is 5.86. The van der Waals surface area contributed by atoms with Gasteiger partial charge in [-0.25, -0.2) is 0 Å².